The first-order chi connectivity index (χ1) is 14.0. The Bertz CT molecular complexity index is 707. The van der Waals surface area contributed by atoms with E-state index >= 15 is 0 Å². The minimum absolute atomic E-state index is 0.0655. The standard InChI is InChI=1S/C23H36N2O3S/c1-4-28-23(27)20-18-13-12-15(2)14-19(18)29-22(20)25-21(26)16(3)24-17-10-8-6-5-7-9-11-17/h15-17,24H,4-14H2,1-3H3,(H,25,26)/t15-,16-/m1/s1. The molecule has 1 amide bonds. The van der Waals surface area contributed by atoms with Crippen molar-refractivity contribution in [1.82, 2.24) is 5.32 Å². The molecule has 0 saturated heterocycles. The number of fused-ring (bicyclic) bond motifs is 1. The van der Waals surface area contributed by atoms with Crippen LogP contribution in [0, 0.1) is 5.92 Å². The number of esters is 1. The second kappa shape index (κ2) is 10.6. The number of amides is 1. The highest BCUT2D eigenvalue weighted by atomic mass is 32.1. The third-order valence-corrected chi connectivity index (χ3v) is 7.38. The maximum Gasteiger partial charge on any atom is 0.341 e. The van der Waals surface area contributed by atoms with Crippen LogP contribution < -0.4 is 10.6 Å². The largest absolute Gasteiger partial charge is 0.462 e. The average Bonchev–Trinajstić information content (AvgIpc) is 3.00. The molecule has 29 heavy (non-hydrogen) atoms. The van der Waals surface area contributed by atoms with Gasteiger partial charge in [-0.05, 0) is 57.4 Å². The SMILES string of the molecule is CCOC(=O)c1c(NC(=O)[C@@H](C)NC2CCCCCCC2)sc2c1CC[C@@H](C)C2. The molecule has 1 heterocycles. The van der Waals surface area contributed by atoms with Gasteiger partial charge in [0.25, 0.3) is 0 Å². The number of ether oxygens (including phenoxy) is 1. The number of carbonyl (C=O) groups excluding carboxylic acids is 2. The zero-order valence-electron chi connectivity index (χ0n) is 18.1. The van der Waals surface area contributed by atoms with Gasteiger partial charge in [0.2, 0.25) is 5.91 Å². The second-order valence-electron chi connectivity index (χ2n) is 8.70. The normalized spacial score (nSPS) is 21.6. The summed E-state index contributed by atoms with van der Waals surface area (Å²) < 4.78 is 5.31. The van der Waals surface area contributed by atoms with Crippen molar-refractivity contribution >= 4 is 28.2 Å². The Labute approximate surface area is 179 Å². The van der Waals surface area contributed by atoms with Crippen LogP contribution in [-0.4, -0.2) is 30.6 Å². The predicted octanol–water partition coefficient (Wildman–Crippen LogP) is 5.08. The van der Waals surface area contributed by atoms with E-state index in [1.165, 1.54) is 37.0 Å². The van der Waals surface area contributed by atoms with Crippen molar-refractivity contribution in [1.29, 1.82) is 0 Å². The van der Waals surface area contributed by atoms with Gasteiger partial charge in [0.15, 0.2) is 0 Å². The molecule has 5 nitrogen and oxygen atoms in total. The van der Waals surface area contributed by atoms with Gasteiger partial charge in [-0.3, -0.25) is 4.79 Å². The van der Waals surface area contributed by atoms with Gasteiger partial charge in [-0.1, -0.05) is 39.0 Å². The molecule has 0 radical (unpaired) electrons. The van der Waals surface area contributed by atoms with E-state index in [9.17, 15) is 9.59 Å². The highest BCUT2D eigenvalue weighted by Gasteiger charge is 2.30. The maximum atomic E-state index is 12.9. The third kappa shape index (κ3) is 5.82. The lowest BCUT2D eigenvalue weighted by atomic mass is 9.88. The van der Waals surface area contributed by atoms with Crippen LogP contribution in [0.5, 0.6) is 0 Å². The summed E-state index contributed by atoms with van der Waals surface area (Å²) in [5.41, 5.74) is 1.67. The van der Waals surface area contributed by atoms with E-state index in [2.05, 4.69) is 17.6 Å². The molecule has 3 rings (SSSR count). The Morgan fingerprint density at radius 2 is 1.83 bits per heavy atom. The molecule has 1 saturated carbocycles. The van der Waals surface area contributed by atoms with Crippen LogP contribution in [0.3, 0.4) is 0 Å². The molecular weight excluding hydrogens is 384 g/mol. The average molecular weight is 421 g/mol. The summed E-state index contributed by atoms with van der Waals surface area (Å²) >= 11 is 1.56. The lowest BCUT2D eigenvalue weighted by Gasteiger charge is -2.24. The zero-order chi connectivity index (χ0) is 20.8. The molecule has 6 heteroatoms. The van der Waals surface area contributed by atoms with Crippen molar-refractivity contribution in [2.45, 2.75) is 97.1 Å². The summed E-state index contributed by atoms with van der Waals surface area (Å²) in [4.78, 5) is 26.8. The molecule has 0 aromatic carbocycles. The second-order valence-corrected chi connectivity index (χ2v) is 9.80. The van der Waals surface area contributed by atoms with Crippen molar-refractivity contribution in [2.75, 3.05) is 11.9 Å². The molecule has 1 aromatic heterocycles. The van der Waals surface area contributed by atoms with Gasteiger partial charge in [-0.15, -0.1) is 11.3 Å². The predicted molar refractivity (Wildman–Crippen MR) is 119 cm³/mol. The number of hydrogen-bond donors (Lipinski definition) is 2. The smallest absolute Gasteiger partial charge is 0.341 e. The molecule has 0 aliphatic heterocycles. The van der Waals surface area contributed by atoms with Crippen molar-refractivity contribution in [3.8, 4) is 0 Å². The van der Waals surface area contributed by atoms with Crippen LogP contribution in [-0.2, 0) is 22.4 Å². The lowest BCUT2D eigenvalue weighted by Crippen LogP contribution is -2.44. The first-order valence-electron chi connectivity index (χ1n) is 11.4. The highest BCUT2D eigenvalue weighted by molar-refractivity contribution is 7.17. The molecule has 162 valence electrons. The fourth-order valence-electron chi connectivity index (χ4n) is 4.53. The molecule has 2 atom stereocenters. The number of hydrogen-bond acceptors (Lipinski definition) is 5. The molecule has 0 unspecified atom stereocenters. The van der Waals surface area contributed by atoms with Crippen LogP contribution in [0.15, 0.2) is 0 Å². The van der Waals surface area contributed by atoms with Crippen LogP contribution in [0.1, 0.15) is 92.9 Å². The summed E-state index contributed by atoms with van der Waals surface area (Å²) in [5.74, 6) is 0.236. The van der Waals surface area contributed by atoms with Gasteiger partial charge in [0.05, 0.1) is 18.2 Å². The maximum absolute atomic E-state index is 12.9. The molecule has 2 N–H and O–H groups in total. The molecule has 1 aromatic rings. The fourth-order valence-corrected chi connectivity index (χ4v) is 5.93. The minimum Gasteiger partial charge on any atom is -0.462 e. The number of anilines is 1. The highest BCUT2D eigenvalue weighted by Crippen LogP contribution is 2.40. The van der Waals surface area contributed by atoms with E-state index in [1.807, 2.05) is 13.8 Å². The summed E-state index contributed by atoms with van der Waals surface area (Å²) in [6, 6.07) is 0.116. The molecule has 2 aliphatic rings. The monoisotopic (exact) mass is 420 g/mol. The Hall–Kier alpha value is -1.40. The van der Waals surface area contributed by atoms with Gasteiger partial charge >= 0.3 is 5.97 Å². The number of carbonyl (C=O) groups is 2. The van der Waals surface area contributed by atoms with Crippen LogP contribution in [0.4, 0.5) is 5.00 Å². The van der Waals surface area contributed by atoms with E-state index in [-0.39, 0.29) is 17.9 Å². The van der Waals surface area contributed by atoms with Gasteiger partial charge in [0, 0.05) is 10.9 Å². The quantitative estimate of drug-likeness (QED) is 0.630. The Kier molecular flexibility index (Phi) is 8.13. The van der Waals surface area contributed by atoms with Crippen molar-refractivity contribution < 1.29 is 14.3 Å². The molecular formula is C23H36N2O3S. The van der Waals surface area contributed by atoms with Crippen LogP contribution in [0.2, 0.25) is 0 Å². The van der Waals surface area contributed by atoms with Gasteiger partial charge in [-0.25, -0.2) is 4.79 Å². The molecule has 2 aliphatic carbocycles. The summed E-state index contributed by atoms with van der Waals surface area (Å²) in [5, 5.41) is 7.25. The third-order valence-electron chi connectivity index (χ3n) is 6.21. The fraction of sp³-hybridized carbons (Fsp3) is 0.739. The van der Waals surface area contributed by atoms with Crippen molar-refractivity contribution in [2.24, 2.45) is 5.92 Å². The van der Waals surface area contributed by atoms with E-state index < -0.39 is 0 Å². The number of thiophene rings is 1. The summed E-state index contributed by atoms with van der Waals surface area (Å²) in [6.45, 7) is 6.32. The molecule has 1 fully saturated rings. The van der Waals surface area contributed by atoms with E-state index in [4.69, 9.17) is 4.74 Å². The summed E-state index contributed by atoms with van der Waals surface area (Å²) in [6.07, 6.45) is 11.6. The van der Waals surface area contributed by atoms with E-state index in [0.717, 1.165) is 37.7 Å². The van der Waals surface area contributed by atoms with E-state index in [0.29, 0.717) is 29.1 Å². The Morgan fingerprint density at radius 3 is 2.52 bits per heavy atom. The number of nitrogens with one attached hydrogen (secondary N) is 2. The number of rotatable bonds is 6. The van der Waals surface area contributed by atoms with Gasteiger partial charge in [-0.2, -0.15) is 0 Å². The topological polar surface area (TPSA) is 67.4 Å². The van der Waals surface area contributed by atoms with Crippen molar-refractivity contribution in [3.63, 3.8) is 0 Å². The minimum atomic E-state index is -0.310. The van der Waals surface area contributed by atoms with Crippen LogP contribution >= 0.6 is 11.3 Å². The van der Waals surface area contributed by atoms with Crippen molar-refractivity contribution in [3.05, 3.63) is 16.0 Å². The zero-order valence-corrected chi connectivity index (χ0v) is 19.0. The Morgan fingerprint density at radius 1 is 1.14 bits per heavy atom. The Balaban J connectivity index is 1.70. The molecule has 0 spiro atoms. The lowest BCUT2D eigenvalue weighted by molar-refractivity contribution is -0.118. The molecule has 0 bridgehead atoms. The van der Waals surface area contributed by atoms with Gasteiger partial charge < -0.3 is 15.4 Å². The van der Waals surface area contributed by atoms with E-state index in [1.54, 1.807) is 11.3 Å². The summed E-state index contributed by atoms with van der Waals surface area (Å²) in [7, 11) is 0. The first kappa shape index (κ1) is 22.3. The van der Waals surface area contributed by atoms with Crippen LogP contribution in [0.25, 0.3) is 0 Å². The van der Waals surface area contributed by atoms with Gasteiger partial charge in [0.1, 0.15) is 5.00 Å². The first-order valence-corrected chi connectivity index (χ1v) is 12.2.